The summed E-state index contributed by atoms with van der Waals surface area (Å²) in [6, 6.07) is 0.870. The van der Waals surface area contributed by atoms with Gasteiger partial charge < -0.3 is 5.32 Å². The van der Waals surface area contributed by atoms with Crippen molar-refractivity contribution in [3.63, 3.8) is 0 Å². The molecule has 108 valence electrons. The minimum Gasteiger partial charge on any atom is -0.369 e. The van der Waals surface area contributed by atoms with Gasteiger partial charge in [-0.3, -0.25) is 15.5 Å². The number of fused-ring (bicyclic) bond motifs is 1. The molecule has 0 spiro atoms. The third-order valence-corrected chi connectivity index (χ3v) is 4.12. The Hall–Kier alpha value is -1.73. The molecular formula is C13H21N7. The van der Waals surface area contributed by atoms with Crippen LogP contribution < -0.4 is 16.2 Å². The average Bonchev–Trinajstić information content (AvgIpc) is 2.89. The van der Waals surface area contributed by atoms with Crippen molar-refractivity contribution in [3.8, 4) is 0 Å². The van der Waals surface area contributed by atoms with Gasteiger partial charge in [0.15, 0.2) is 5.65 Å². The zero-order chi connectivity index (χ0) is 14.3. The van der Waals surface area contributed by atoms with Crippen LogP contribution in [-0.4, -0.2) is 38.4 Å². The number of hydrazine groups is 1. The Kier molecular flexibility index (Phi) is 3.31. The van der Waals surface area contributed by atoms with E-state index in [1.807, 2.05) is 14.0 Å². The molecule has 3 N–H and O–H groups in total. The highest BCUT2D eigenvalue weighted by Gasteiger charge is 2.29. The van der Waals surface area contributed by atoms with Crippen molar-refractivity contribution in [2.45, 2.75) is 32.9 Å². The molecule has 7 heteroatoms. The number of aryl methyl sites for hydroxylation is 2. The average molecular weight is 275 g/mol. The molecule has 0 aliphatic carbocycles. The van der Waals surface area contributed by atoms with Gasteiger partial charge in [0, 0.05) is 31.6 Å². The van der Waals surface area contributed by atoms with Crippen molar-refractivity contribution < 1.29 is 0 Å². The van der Waals surface area contributed by atoms with Gasteiger partial charge in [0.25, 0.3) is 0 Å². The summed E-state index contributed by atoms with van der Waals surface area (Å²) in [4.78, 5) is 8.67. The lowest BCUT2D eigenvalue weighted by Gasteiger charge is -2.18. The van der Waals surface area contributed by atoms with Crippen LogP contribution in [0.15, 0.2) is 6.33 Å². The van der Waals surface area contributed by atoms with Crippen LogP contribution in [0.5, 0.6) is 0 Å². The molecule has 2 unspecified atom stereocenters. The van der Waals surface area contributed by atoms with E-state index < -0.39 is 0 Å². The first kappa shape index (κ1) is 13.3. The SMILES string of the molecule is Cc1nn(C)c2ncnc(NCC3C(C)NNC3C)c12. The Balaban J connectivity index is 1.84. The molecule has 2 aromatic rings. The standard InChI is InChI=1S/C13H21N7/c1-7-10(8(2)18-17-7)5-14-12-11-9(3)19-20(4)13(11)16-6-15-12/h6-8,10,17-18H,5H2,1-4H3,(H,14,15,16). The van der Waals surface area contributed by atoms with Gasteiger partial charge in [-0.25, -0.2) is 9.97 Å². The van der Waals surface area contributed by atoms with Crippen LogP contribution in [-0.2, 0) is 7.05 Å². The number of hydrogen-bond acceptors (Lipinski definition) is 6. The maximum atomic E-state index is 4.41. The van der Waals surface area contributed by atoms with E-state index >= 15 is 0 Å². The van der Waals surface area contributed by atoms with Gasteiger partial charge in [-0.1, -0.05) is 0 Å². The van der Waals surface area contributed by atoms with Crippen LogP contribution in [0.25, 0.3) is 11.0 Å². The monoisotopic (exact) mass is 275 g/mol. The molecule has 0 radical (unpaired) electrons. The lowest BCUT2D eigenvalue weighted by atomic mass is 9.97. The van der Waals surface area contributed by atoms with Crippen molar-refractivity contribution in [2.75, 3.05) is 11.9 Å². The lowest BCUT2D eigenvalue weighted by molar-refractivity contribution is 0.466. The van der Waals surface area contributed by atoms with Crippen LogP contribution in [0.1, 0.15) is 19.5 Å². The van der Waals surface area contributed by atoms with Crippen LogP contribution in [0.4, 0.5) is 5.82 Å². The molecule has 20 heavy (non-hydrogen) atoms. The quantitative estimate of drug-likeness (QED) is 0.760. The molecular weight excluding hydrogens is 254 g/mol. The van der Waals surface area contributed by atoms with Crippen molar-refractivity contribution in [1.29, 1.82) is 0 Å². The molecule has 1 saturated heterocycles. The fourth-order valence-electron chi connectivity index (χ4n) is 2.89. The highest BCUT2D eigenvalue weighted by atomic mass is 15.4. The fourth-order valence-corrected chi connectivity index (χ4v) is 2.89. The second-order valence-electron chi connectivity index (χ2n) is 5.54. The van der Waals surface area contributed by atoms with Gasteiger partial charge in [-0.05, 0) is 20.8 Å². The lowest BCUT2D eigenvalue weighted by Crippen LogP contribution is -2.30. The van der Waals surface area contributed by atoms with Crippen molar-refractivity contribution >= 4 is 16.9 Å². The molecule has 3 rings (SSSR count). The van der Waals surface area contributed by atoms with Gasteiger partial charge >= 0.3 is 0 Å². The smallest absolute Gasteiger partial charge is 0.163 e. The largest absolute Gasteiger partial charge is 0.369 e. The van der Waals surface area contributed by atoms with Crippen LogP contribution in [0.3, 0.4) is 0 Å². The van der Waals surface area contributed by atoms with E-state index in [-0.39, 0.29) is 0 Å². The molecule has 0 amide bonds. The first-order valence-electron chi connectivity index (χ1n) is 6.97. The number of aromatic nitrogens is 4. The summed E-state index contributed by atoms with van der Waals surface area (Å²) in [6.45, 7) is 7.23. The first-order valence-corrected chi connectivity index (χ1v) is 6.97. The van der Waals surface area contributed by atoms with Gasteiger partial charge in [0.2, 0.25) is 0 Å². The fraction of sp³-hybridized carbons (Fsp3) is 0.615. The van der Waals surface area contributed by atoms with Crippen molar-refractivity contribution in [1.82, 2.24) is 30.6 Å². The van der Waals surface area contributed by atoms with E-state index in [9.17, 15) is 0 Å². The second kappa shape index (κ2) is 4.99. The maximum absolute atomic E-state index is 4.41. The Morgan fingerprint density at radius 2 is 1.95 bits per heavy atom. The molecule has 1 fully saturated rings. The van der Waals surface area contributed by atoms with E-state index in [0.717, 1.165) is 29.1 Å². The third kappa shape index (κ3) is 2.12. The number of nitrogens with one attached hydrogen (secondary N) is 3. The molecule has 0 aromatic carbocycles. The summed E-state index contributed by atoms with van der Waals surface area (Å²) < 4.78 is 1.79. The minimum atomic E-state index is 0.435. The van der Waals surface area contributed by atoms with Crippen molar-refractivity contribution in [2.24, 2.45) is 13.0 Å². The molecule has 0 bridgehead atoms. The van der Waals surface area contributed by atoms with E-state index in [1.54, 1.807) is 11.0 Å². The predicted octanol–water partition coefficient (Wildman–Crippen LogP) is 0.585. The minimum absolute atomic E-state index is 0.435. The van der Waals surface area contributed by atoms with E-state index in [4.69, 9.17) is 0 Å². The Labute approximate surface area is 118 Å². The molecule has 7 nitrogen and oxygen atoms in total. The highest BCUT2D eigenvalue weighted by molar-refractivity contribution is 5.89. The number of hydrogen-bond donors (Lipinski definition) is 3. The Bertz CT molecular complexity index is 610. The summed E-state index contributed by atoms with van der Waals surface area (Å²) in [6.07, 6.45) is 1.59. The molecule has 1 aliphatic heterocycles. The third-order valence-electron chi connectivity index (χ3n) is 4.12. The van der Waals surface area contributed by atoms with Gasteiger partial charge in [0.05, 0.1) is 11.1 Å². The molecule has 3 heterocycles. The molecule has 2 aromatic heterocycles. The van der Waals surface area contributed by atoms with Gasteiger partial charge in [-0.2, -0.15) is 5.10 Å². The Morgan fingerprint density at radius 3 is 2.65 bits per heavy atom. The van der Waals surface area contributed by atoms with E-state index in [0.29, 0.717) is 18.0 Å². The van der Waals surface area contributed by atoms with Crippen LogP contribution in [0.2, 0.25) is 0 Å². The second-order valence-corrected chi connectivity index (χ2v) is 5.54. The zero-order valence-electron chi connectivity index (χ0n) is 12.3. The summed E-state index contributed by atoms with van der Waals surface area (Å²) in [7, 11) is 1.90. The van der Waals surface area contributed by atoms with Crippen LogP contribution >= 0.6 is 0 Å². The van der Waals surface area contributed by atoms with Gasteiger partial charge in [-0.15, -0.1) is 0 Å². The predicted molar refractivity (Wildman–Crippen MR) is 78.2 cm³/mol. The topological polar surface area (TPSA) is 79.7 Å². The summed E-state index contributed by atoms with van der Waals surface area (Å²) >= 11 is 0. The highest BCUT2D eigenvalue weighted by Crippen LogP contribution is 2.23. The summed E-state index contributed by atoms with van der Waals surface area (Å²) in [5.41, 5.74) is 8.36. The number of anilines is 1. The molecule has 1 aliphatic rings. The molecule has 0 saturated carbocycles. The summed E-state index contributed by atoms with van der Waals surface area (Å²) in [5, 5.41) is 8.88. The first-order chi connectivity index (χ1) is 9.58. The van der Waals surface area contributed by atoms with Gasteiger partial charge in [0.1, 0.15) is 12.1 Å². The van der Waals surface area contributed by atoms with Crippen molar-refractivity contribution in [3.05, 3.63) is 12.0 Å². The van der Waals surface area contributed by atoms with Crippen LogP contribution in [0, 0.1) is 12.8 Å². The zero-order valence-corrected chi connectivity index (χ0v) is 12.3. The number of nitrogens with zero attached hydrogens (tertiary/aromatic N) is 4. The summed E-state index contributed by atoms with van der Waals surface area (Å²) in [5.74, 6) is 1.38. The van der Waals surface area contributed by atoms with E-state index in [1.165, 1.54) is 0 Å². The maximum Gasteiger partial charge on any atom is 0.163 e. The molecule has 2 atom stereocenters. The number of rotatable bonds is 3. The Morgan fingerprint density at radius 1 is 1.25 bits per heavy atom. The van der Waals surface area contributed by atoms with E-state index in [2.05, 4.69) is 45.1 Å². The normalized spacial score (nSPS) is 26.3.